The lowest BCUT2D eigenvalue weighted by Gasteiger charge is -2.18. The summed E-state index contributed by atoms with van der Waals surface area (Å²) in [5.41, 5.74) is 3.78. The summed E-state index contributed by atoms with van der Waals surface area (Å²) in [6.07, 6.45) is 2.12. The Morgan fingerprint density at radius 2 is 2.10 bits per heavy atom. The summed E-state index contributed by atoms with van der Waals surface area (Å²) < 4.78 is 7.72. The van der Waals surface area contributed by atoms with Crippen molar-refractivity contribution in [3.8, 4) is 5.75 Å². The average molecular weight is 272 g/mol. The summed E-state index contributed by atoms with van der Waals surface area (Å²) in [7, 11) is 1.73. The fourth-order valence-electron chi connectivity index (χ4n) is 2.48. The molecule has 1 unspecified atom stereocenters. The number of rotatable bonds is 6. The van der Waals surface area contributed by atoms with Gasteiger partial charge < -0.3 is 14.6 Å². The van der Waals surface area contributed by atoms with E-state index >= 15 is 0 Å². The molecule has 1 aromatic carbocycles. The summed E-state index contributed by atoms with van der Waals surface area (Å²) >= 11 is 0. The molecule has 0 amide bonds. The third-order valence-corrected chi connectivity index (χ3v) is 3.71. The number of hydrogen-bond acceptors (Lipinski definition) is 2. The van der Waals surface area contributed by atoms with Gasteiger partial charge in [-0.05, 0) is 39.0 Å². The molecule has 1 N–H and O–H groups in total. The summed E-state index contributed by atoms with van der Waals surface area (Å²) in [6.45, 7) is 8.32. The van der Waals surface area contributed by atoms with Crippen LogP contribution in [-0.2, 0) is 13.1 Å². The molecule has 1 aromatic heterocycles. The van der Waals surface area contributed by atoms with Crippen LogP contribution in [0.2, 0.25) is 0 Å². The third-order valence-electron chi connectivity index (χ3n) is 3.71. The first-order chi connectivity index (χ1) is 9.65. The van der Waals surface area contributed by atoms with E-state index in [4.69, 9.17) is 4.74 Å². The Morgan fingerprint density at radius 1 is 1.30 bits per heavy atom. The lowest BCUT2D eigenvalue weighted by Crippen LogP contribution is -2.20. The van der Waals surface area contributed by atoms with Gasteiger partial charge in [0.05, 0.1) is 7.11 Å². The quantitative estimate of drug-likeness (QED) is 0.868. The van der Waals surface area contributed by atoms with E-state index in [1.165, 1.54) is 16.8 Å². The number of methoxy groups -OCH3 is 1. The Kier molecular flexibility index (Phi) is 4.85. The highest BCUT2D eigenvalue weighted by molar-refractivity contribution is 5.38. The monoisotopic (exact) mass is 272 g/mol. The first kappa shape index (κ1) is 14.7. The van der Waals surface area contributed by atoms with Gasteiger partial charge in [-0.3, -0.25) is 0 Å². The Balaban J connectivity index is 2.08. The molecule has 2 rings (SSSR count). The Hall–Kier alpha value is -1.74. The van der Waals surface area contributed by atoms with Gasteiger partial charge >= 0.3 is 0 Å². The molecule has 0 aliphatic rings. The van der Waals surface area contributed by atoms with E-state index < -0.39 is 0 Å². The van der Waals surface area contributed by atoms with Crippen molar-refractivity contribution in [3.05, 3.63) is 53.3 Å². The van der Waals surface area contributed by atoms with E-state index in [1.54, 1.807) is 7.11 Å². The van der Waals surface area contributed by atoms with Crippen LogP contribution in [0.5, 0.6) is 5.75 Å². The standard InChI is InChI=1S/C17H24N2O/c1-5-19-10-6-7-15(19)12-18-14(3)16-11-13(2)8-9-17(16)20-4/h6-11,14,18H,5,12H2,1-4H3. The third kappa shape index (κ3) is 3.23. The lowest BCUT2D eigenvalue weighted by molar-refractivity contribution is 0.401. The number of benzene rings is 1. The van der Waals surface area contributed by atoms with Crippen molar-refractivity contribution >= 4 is 0 Å². The molecule has 0 saturated carbocycles. The fourth-order valence-corrected chi connectivity index (χ4v) is 2.48. The van der Waals surface area contributed by atoms with Crippen molar-refractivity contribution < 1.29 is 4.74 Å². The largest absolute Gasteiger partial charge is 0.496 e. The molecule has 3 heteroatoms. The summed E-state index contributed by atoms with van der Waals surface area (Å²) in [4.78, 5) is 0. The van der Waals surface area contributed by atoms with E-state index in [9.17, 15) is 0 Å². The fraction of sp³-hybridized carbons (Fsp3) is 0.412. The molecule has 1 heterocycles. The number of hydrogen-bond donors (Lipinski definition) is 1. The van der Waals surface area contributed by atoms with Crippen molar-refractivity contribution in [2.45, 2.75) is 39.9 Å². The highest BCUT2D eigenvalue weighted by Gasteiger charge is 2.11. The molecule has 0 radical (unpaired) electrons. The SMILES string of the molecule is CCn1cccc1CNC(C)c1cc(C)ccc1OC. The van der Waals surface area contributed by atoms with Crippen molar-refractivity contribution in [2.75, 3.05) is 7.11 Å². The first-order valence-electron chi connectivity index (χ1n) is 7.17. The molecule has 0 fully saturated rings. The second-order valence-corrected chi connectivity index (χ2v) is 5.13. The van der Waals surface area contributed by atoms with Crippen LogP contribution in [0.15, 0.2) is 36.5 Å². The Labute approximate surface area is 121 Å². The average Bonchev–Trinajstić information content (AvgIpc) is 2.92. The smallest absolute Gasteiger partial charge is 0.123 e. The van der Waals surface area contributed by atoms with Crippen LogP contribution in [0.4, 0.5) is 0 Å². The van der Waals surface area contributed by atoms with Gasteiger partial charge in [0.25, 0.3) is 0 Å². The zero-order chi connectivity index (χ0) is 14.5. The normalized spacial score (nSPS) is 12.4. The molecule has 0 aliphatic heterocycles. The maximum absolute atomic E-state index is 5.46. The molecule has 0 saturated heterocycles. The minimum atomic E-state index is 0.255. The maximum Gasteiger partial charge on any atom is 0.123 e. The maximum atomic E-state index is 5.46. The zero-order valence-corrected chi connectivity index (χ0v) is 12.8. The van der Waals surface area contributed by atoms with E-state index in [2.05, 4.69) is 61.1 Å². The molecule has 0 bridgehead atoms. The second kappa shape index (κ2) is 6.62. The molecule has 0 aliphatic carbocycles. The molecule has 1 atom stereocenters. The summed E-state index contributed by atoms with van der Waals surface area (Å²) in [6, 6.07) is 10.8. The van der Waals surface area contributed by atoms with Crippen LogP contribution in [-0.4, -0.2) is 11.7 Å². The molecular weight excluding hydrogens is 248 g/mol. The van der Waals surface area contributed by atoms with Crippen molar-refractivity contribution in [1.82, 2.24) is 9.88 Å². The van der Waals surface area contributed by atoms with Crippen LogP contribution in [0, 0.1) is 6.92 Å². The molecule has 20 heavy (non-hydrogen) atoms. The second-order valence-electron chi connectivity index (χ2n) is 5.13. The van der Waals surface area contributed by atoms with E-state index in [0.717, 1.165) is 18.8 Å². The minimum Gasteiger partial charge on any atom is -0.496 e. The lowest BCUT2D eigenvalue weighted by atomic mass is 10.0. The highest BCUT2D eigenvalue weighted by atomic mass is 16.5. The van der Waals surface area contributed by atoms with Crippen molar-refractivity contribution in [1.29, 1.82) is 0 Å². The zero-order valence-electron chi connectivity index (χ0n) is 12.8. The number of aryl methyl sites for hydroxylation is 2. The summed E-state index contributed by atoms with van der Waals surface area (Å²) in [5, 5.41) is 3.58. The van der Waals surface area contributed by atoms with Crippen molar-refractivity contribution in [3.63, 3.8) is 0 Å². The number of ether oxygens (including phenoxy) is 1. The van der Waals surface area contributed by atoms with Gasteiger partial charge in [0.15, 0.2) is 0 Å². The minimum absolute atomic E-state index is 0.255. The Bertz CT molecular complexity index is 560. The first-order valence-corrected chi connectivity index (χ1v) is 7.17. The molecule has 108 valence electrons. The molecular formula is C17H24N2O. The van der Waals surface area contributed by atoms with Gasteiger partial charge in [-0.15, -0.1) is 0 Å². The van der Waals surface area contributed by atoms with E-state index in [-0.39, 0.29) is 6.04 Å². The molecule has 3 nitrogen and oxygen atoms in total. The Morgan fingerprint density at radius 3 is 2.80 bits per heavy atom. The van der Waals surface area contributed by atoms with Crippen LogP contribution in [0.3, 0.4) is 0 Å². The number of aromatic nitrogens is 1. The van der Waals surface area contributed by atoms with Gasteiger partial charge in [0, 0.05) is 36.6 Å². The van der Waals surface area contributed by atoms with Gasteiger partial charge in [-0.25, -0.2) is 0 Å². The van der Waals surface area contributed by atoms with Crippen LogP contribution < -0.4 is 10.1 Å². The van der Waals surface area contributed by atoms with Gasteiger partial charge in [0.1, 0.15) is 5.75 Å². The van der Waals surface area contributed by atoms with Gasteiger partial charge in [-0.1, -0.05) is 17.7 Å². The van der Waals surface area contributed by atoms with Crippen LogP contribution >= 0.6 is 0 Å². The van der Waals surface area contributed by atoms with Gasteiger partial charge in [-0.2, -0.15) is 0 Å². The van der Waals surface area contributed by atoms with E-state index in [1.807, 2.05) is 6.07 Å². The van der Waals surface area contributed by atoms with Crippen LogP contribution in [0.25, 0.3) is 0 Å². The van der Waals surface area contributed by atoms with Gasteiger partial charge in [0.2, 0.25) is 0 Å². The van der Waals surface area contributed by atoms with E-state index in [0.29, 0.717) is 0 Å². The molecule has 0 spiro atoms. The number of nitrogens with one attached hydrogen (secondary N) is 1. The summed E-state index contributed by atoms with van der Waals surface area (Å²) in [5.74, 6) is 0.946. The molecule has 2 aromatic rings. The topological polar surface area (TPSA) is 26.2 Å². The van der Waals surface area contributed by atoms with Crippen LogP contribution in [0.1, 0.15) is 36.7 Å². The van der Waals surface area contributed by atoms with Crippen molar-refractivity contribution in [2.24, 2.45) is 0 Å². The predicted octanol–water partition coefficient (Wildman–Crippen LogP) is 3.68. The number of nitrogens with zero attached hydrogens (tertiary/aromatic N) is 1. The highest BCUT2D eigenvalue weighted by Crippen LogP contribution is 2.26. The predicted molar refractivity (Wildman–Crippen MR) is 83.1 cm³/mol.